The predicted molar refractivity (Wildman–Crippen MR) is 85.0 cm³/mol. The molecule has 2 heterocycles. The number of aryl methyl sites for hydroxylation is 1. The van der Waals surface area contributed by atoms with Gasteiger partial charge in [-0.3, -0.25) is 9.89 Å². The van der Waals surface area contributed by atoms with E-state index in [9.17, 15) is 4.79 Å². The van der Waals surface area contributed by atoms with Crippen molar-refractivity contribution in [3.63, 3.8) is 0 Å². The van der Waals surface area contributed by atoms with Crippen LogP contribution in [0.15, 0.2) is 36.4 Å². The minimum atomic E-state index is -0.455. The van der Waals surface area contributed by atoms with E-state index >= 15 is 0 Å². The summed E-state index contributed by atoms with van der Waals surface area (Å²) in [5, 5.41) is 11.2. The van der Waals surface area contributed by atoms with Crippen LogP contribution in [0.4, 0.5) is 5.69 Å². The van der Waals surface area contributed by atoms with Crippen LogP contribution >= 0.6 is 0 Å². The molecule has 0 spiro atoms. The van der Waals surface area contributed by atoms with Crippen molar-refractivity contribution in [1.29, 1.82) is 0 Å². The van der Waals surface area contributed by atoms with Crippen LogP contribution in [0.1, 0.15) is 12.6 Å². The molecule has 5 nitrogen and oxygen atoms in total. The summed E-state index contributed by atoms with van der Waals surface area (Å²) in [4.78, 5) is 11.7. The Labute approximate surface area is 127 Å². The maximum Gasteiger partial charge on any atom is 0.265 e. The molecule has 22 heavy (non-hydrogen) atoms. The van der Waals surface area contributed by atoms with E-state index in [0.29, 0.717) is 11.4 Å². The molecule has 110 valence electrons. The van der Waals surface area contributed by atoms with Gasteiger partial charge >= 0.3 is 0 Å². The maximum absolute atomic E-state index is 11.7. The van der Waals surface area contributed by atoms with Gasteiger partial charge in [-0.1, -0.05) is 12.1 Å². The number of fused-ring (bicyclic) bond motifs is 2. The predicted octanol–water partition coefficient (Wildman–Crippen LogP) is 3.26. The van der Waals surface area contributed by atoms with E-state index in [2.05, 4.69) is 21.6 Å². The van der Waals surface area contributed by atoms with Gasteiger partial charge in [0, 0.05) is 11.1 Å². The quantitative estimate of drug-likeness (QED) is 0.723. The Morgan fingerprint density at radius 3 is 2.77 bits per heavy atom. The summed E-state index contributed by atoms with van der Waals surface area (Å²) in [6, 6.07) is 12.0. The first-order valence-corrected chi connectivity index (χ1v) is 7.18. The molecule has 1 aliphatic rings. The van der Waals surface area contributed by atoms with E-state index in [1.165, 1.54) is 0 Å². The first-order chi connectivity index (χ1) is 10.6. The molecular formula is C17H15N3O2. The van der Waals surface area contributed by atoms with Crippen LogP contribution in [0.3, 0.4) is 0 Å². The van der Waals surface area contributed by atoms with Crippen LogP contribution in [-0.2, 0) is 4.79 Å². The second-order valence-corrected chi connectivity index (χ2v) is 5.54. The summed E-state index contributed by atoms with van der Waals surface area (Å²) < 4.78 is 5.58. The molecule has 0 saturated carbocycles. The fourth-order valence-electron chi connectivity index (χ4n) is 2.71. The summed E-state index contributed by atoms with van der Waals surface area (Å²) in [7, 11) is 0. The van der Waals surface area contributed by atoms with Crippen LogP contribution in [0.5, 0.6) is 5.75 Å². The summed E-state index contributed by atoms with van der Waals surface area (Å²) in [5.74, 6) is 0.585. The van der Waals surface area contributed by atoms with Crippen molar-refractivity contribution in [2.75, 3.05) is 5.32 Å². The second kappa shape index (κ2) is 4.59. The largest absolute Gasteiger partial charge is 0.479 e. The van der Waals surface area contributed by atoms with Crippen LogP contribution in [-0.4, -0.2) is 22.2 Å². The SMILES string of the molecule is Cc1[nH]nc2ccc(-c3ccc4c(c3)NC(=O)C(C)O4)cc12. The van der Waals surface area contributed by atoms with Gasteiger partial charge in [-0.2, -0.15) is 5.10 Å². The van der Waals surface area contributed by atoms with E-state index in [0.717, 1.165) is 27.7 Å². The normalized spacial score (nSPS) is 17.0. The van der Waals surface area contributed by atoms with Crippen molar-refractivity contribution in [3.05, 3.63) is 42.1 Å². The van der Waals surface area contributed by atoms with Gasteiger partial charge in [0.05, 0.1) is 11.2 Å². The van der Waals surface area contributed by atoms with Crippen molar-refractivity contribution in [2.24, 2.45) is 0 Å². The molecule has 0 saturated heterocycles. The van der Waals surface area contributed by atoms with E-state index in [-0.39, 0.29) is 5.91 Å². The monoisotopic (exact) mass is 293 g/mol. The molecule has 2 N–H and O–H groups in total. The highest BCUT2D eigenvalue weighted by Crippen LogP contribution is 2.34. The molecule has 0 bridgehead atoms. The van der Waals surface area contributed by atoms with Crippen LogP contribution < -0.4 is 10.1 Å². The topological polar surface area (TPSA) is 67.0 Å². The first-order valence-electron chi connectivity index (χ1n) is 7.18. The van der Waals surface area contributed by atoms with Crippen molar-refractivity contribution in [2.45, 2.75) is 20.0 Å². The van der Waals surface area contributed by atoms with Crippen molar-refractivity contribution in [3.8, 4) is 16.9 Å². The van der Waals surface area contributed by atoms with Gasteiger partial charge in [-0.25, -0.2) is 0 Å². The Balaban J connectivity index is 1.80. The molecule has 2 aromatic carbocycles. The standard InChI is InChI=1S/C17H15N3O2/c1-9-13-7-11(3-5-14(13)20-19-9)12-4-6-16-15(8-12)18-17(21)10(2)22-16/h3-8,10H,1-2H3,(H,18,21)(H,19,20). The fraction of sp³-hybridized carbons (Fsp3) is 0.176. The molecule has 0 aliphatic carbocycles. The van der Waals surface area contributed by atoms with Crippen LogP contribution in [0.2, 0.25) is 0 Å². The number of nitrogens with one attached hydrogen (secondary N) is 2. The minimum Gasteiger partial charge on any atom is -0.479 e. The zero-order chi connectivity index (χ0) is 15.3. The number of benzene rings is 2. The number of ether oxygens (including phenoxy) is 1. The Morgan fingerprint density at radius 2 is 1.91 bits per heavy atom. The number of carbonyl (C=O) groups is 1. The number of hydrogen-bond donors (Lipinski definition) is 2. The van der Waals surface area contributed by atoms with Crippen molar-refractivity contribution < 1.29 is 9.53 Å². The Kier molecular flexibility index (Phi) is 2.69. The summed E-state index contributed by atoms with van der Waals surface area (Å²) >= 11 is 0. The number of anilines is 1. The van der Waals surface area contributed by atoms with Gasteiger partial charge < -0.3 is 10.1 Å². The van der Waals surface area contributed by atoms with Gasteiger partial charge in [-0.05, 0) is 49.2 Å². The Morgan fingerprint density at radius 1 is 1.14 bits per heavy atom. The average Bonchev–Trinajstić information content (AvgIpc) is 2.89. The average molecular weight is 293 g/mol. The highest BCUT2D eigenvalue weighted by Gasteiger charge is 2.23. The number of hydrogen-bond acceptors (Lipinski definition) is 3. The molecule has 3 aromatic rings. The summed E-state index contributed by atoms with van der Waals surface area (Å²) in [6.07, 6.45) is -0.455. The molecule has 1 atom stereocenters. The zero-order valence-electron chi connectivity index (χ0n) is 12.3. The lowest BCUT2D eigenvalue weighted by molar-refractivity contribution is -0.122. The first kappa shape index (κ1) is 12.9. The number of carbonyl (C=O) groups excluding carboxylic acids is 1. The maximum atomic E-state index is 11.7. The molecule has 1 aliphatic heterocycles. The van der Waals surface area contributed by atoms with Crippen LogP contribution in [0.25, 0.3) is 22.0 Å². The molecule has 0 radical (unpaired) electrons. The number of amides is 1. The molecule has 5 heteroatoms. The highest BCUT2D eigenvalue weighted by molar-refractivity contribution is 5.98. The van der Waals surface area contributed by atoms with E-state index in [1.54, 1.807) is 6.92 Å². The molecule has 4 rings (SSSR count). The number of nitrogens with zero attached hydrogens (tertiary/aromatic N) is 1. The second-order valence-electron chi connectivity index (χ2n) is 5.54. The van der Waals surface area contributed by atoms with Crippen molar-refractivity contribution >= 4 is 22.5 Å². The lowest BCUT2D eigenvalue weighted by Crippen LogP contribution is -2.34. The number of aromatic nitrogens is 2. The molecular weight excluding hydrogens is 278 g/mol. The zero-order valence-corrected chi connectivity index (χ0v) is 12.3. The molecule has 0 fully saturated rings. The lowest BCUT2D eigenvalue weighted by atomic mass is 10.0. The highest BCUT2D eigenvalue weighted by atomic mass is 16.5. The van der Waals surface area contributed by atoms with E-state index in [1.807, 2.05) is 37.3 Å². The van der Waals surface area contributed by atoms with Crippen LogP contribution in [0, 0.1) is 6.92 Å². The number of aromatic amines is 1. The molecule has 1 amide bonds. The third-order valence-corrected chi connectivity index (χ3v) is 3.99. The fourth-order valence-corrected chi connectivity index (χ4v) is 2.71. The van der Waals surface area contributed by atoms with Gasteiger partial charge in [0.15, 0.2) is 6.10 Å². The minimum absolute atomic E-state index is 0.120. The molecule has 1 aromatic heterocycles. The Bertz CT molecular complexity index is 898. The summed E-state index contributed by atoms with van der Waals surface area (Å²) in [5.41, 5.74) is 4.81. The lowest BCUT2D eigenvalue weighted by Gasteiger charge is -2.23. The number of rotatable bonds is 1. The molecule has 1 unspecified atom stereocenters. The smallest absolute Gasteiger partial charge is 0.265 e. The van der Waals surface area contributed by atoms with Gasteiger partial charge in [0.1, 0.15) is 5.75 Å². The van der Waals surface area contributed by atoms with Crippen molar-refractivity contribution in [1.82, 2.24) is 10.2 Å². The van der Waals surface area contributed by atoms with Gasteiger partial charge in [0.2, 0.25) is 0 Å². The van der Waals surface area contributed by atoms with E-state index < -0.39 is 6.10 Å². The number of H-pyrrole nitrogens is 1. The third-order valence-electron chi connectivity index (χ3n) is 3.99. The van der Waals surface area contributed by atoms with Gasteiger partial charge in [0.25, 0.3) is 5.91 Å². The van der Waals surface area contributed by atoms with Gasteiger partial charge in [-0.15, -0.1) is 0 Å². The summed E-state index contributed by atoms with van der Waals surface area (Å²) in [6.45, 7) is 3.74. The van der Waals surface area contributed by atoms with E-state index in [4.69, 9.17) is 4.74 Å². The Hall–Kier alpha value is -2.82. The third kappa shape index (κ3) is 1.94.